The van der Waals surface area contributed by atoms with Crippen LogP contribution in [0.2, 0.25) is 0 Å². The van der Waals surface area contributed by atoms with Gasteiger partial charge >= 0.3 is 0 Å². The van der Waals surface area contributed by atoms with E-state index in [0.29, 0.717) is 0 Å². The molecule has 1 N–H and O–H groups in total. The number of methoxy groups -OCH3 is 1. The summed E-state index contributed by atoms with van der Waals surface area (Å²) in [6, 6.07) is 3.82. The summed E-state index contributed by atoms with van der Waals surface area (Å²) in [4.78, 5) is 6.65. The van der Waals surface area contributed by atoms with Crippen LogP contribution < -0.4 is 4.74 Å². The van der Waals surface area contributed by atoms with Crippen molar-refractivity contribution >= 4 is 0 Å². The van der Waals surface area contributed by atoms with Gasteiger partial charge in [-0.05, 0) is 25.8 Å². The largest absolute Gasteiger partial charge is 0.497 e. The van der Waals surface area contributed by atoms with E-state index in [9.17, 15) is 5.11 Å². The van der Waals surface area contributed by atoms with Crippen LogP contribution in [-0.2, 0) is 6.54 Å². The topological polar surface area (TPSA) is 45.6 Å². The molecule has 1 aromatic heterocycles. The average molecular weight is 296 g/mol. The molecule has 0 amide bonds. The van der Waals surface area contributed by atoms with Gasteiger partial charge in [-0.2, -0.15) is 0 Å². The quantitative estimate of drug-likeness (QED) is 0.927. The number of nitrogens with zero attached hydrogens (tertiary/aromatic N) is 2. The molecule has 2 rings (SSSR count). The van der Waals surface area contributed by atoms with Gasteiger partial charge in [0.05, 0.1) is 18.4 Å². The number of hydrogen-bond acceptors (Lipinski definition) is 4. The van der Waals surface area contributed by atoms with E-state index in [1.54, 1.807) is 13.3 Å². The molecule has 21 heavy (non-hydrogen) atoms. The molecule has 2 heterocycles. The highest BCUT2D eigenvalue weighted by molar-refractivity contribution is 5.22. The Labute approximate surface area is 130 Å². The smallest absolute Gasteiger partial charge is 0.122 e. The summed E-state index contributed by atoms with van der Waals surface area (Å²) in [6.45, 7) is 12.6. The van der Waals surface area contributed by atoms with Gasteiger partial charge in [0, 0.05) is 31.9 Å². The molecule has 0 atom stereocenters. The van der Waals surface area contributed by atoms with E-state index in [1.165, 1.54) is 0 Å². The first kappa shape index (κ1) is 19.9. The zero-order chi connectivity index (χ0) is 16.3. The molecule has 0 bridgehead atoms. The first-order valence-electron chi connectivity index (χ1n) is 8.03. The molecule has 0 saturated carbocycles. The van der Waals surface area contributed by atoms with Crippen LogP contribution in [0.15, 0.2) is 18.3 Å². The van der Waals surface area contributed by atoms with Crippen molar-refractivity contribution in [3.8, 4) is 5.75 Å². The van der Waals surface area contributed by atoms with E-state index in [-0.39, 0.29) is 0 Å². The highest BCUT2D eigenvalue weighted by Gasteiger charge is 2.27. The third-order valence-electron chi connectivity index (χ3n) is 3.34. The first-order valence-corrected chi connectivity index (χ1v) is 8.03. The third-order valence-corrected chi connectivity index (χ3v) is 3.34. The normalized spacial score (nSPS) is 16.9. The third kappa shape index (κ3) is 7.44. The van der Waals surface area contributed by atoms with Gasteiger partial charge in [-0.1, -0.05) is 27.7 Å². The van der Waals surface area contributed by atoms with Crippen LogP contribution in [0, 0.1) is 0 Å². The van der Waals surface area contributed by atoms with Crippen molar-refractivity contribution in [1.82, 2.24) is 9.88 Å². The number of pyridine rings is 1. The minimum atomic E-state index is -0.488. The lowest BCUT2D eigenvalue weighted by Crippen LogP contribution is -2.42. The van der Waals surface area contributed by atoms with E-state index in [1.807, 2.05) is 46.8 Å². The summed E-state index contributed by atoms with van der Waals surface area (Å²) in [7, 11) is 1.66. The lowest BCUT2D eigenvalue weighted by molar-refractivity contribution is -0.00759. The predicted octanol–water partition coefficient (Wildman–Crippen LogP) is 3.49. The van der Waals surface area contributed by atoms with Gasteiger partial charge in [0.1, 0.15) is 5.75 Å². The Morgan fingerprint density at radius 2 is 1.81 bits per heavy atom. The molecule has 1 aromatic rings. The maximum atomic E-state index is 9.88. The first-order chi connectivity index (χ1) is 10.1. The number of hydrogen-bond donors (Lipinski definition) is 1. The summed E-state index contributed by atoms with van der Waals surface area (Å²) < 4.78 is 5.18. The highest BCUT2D eigenvalue weighted by Crippen LogP contribution is 2.22. The minimum absolute atomic E-state index is 0.488. The zero-order valence-electron chi connectivity index (χ0n) is 14.5. The van der Waals surface area contributed by atoms with Gasteiger partial charge in [0.15, 0.2) is 0 Å². The van der Waals surface area contributed by atoms with Crippen molar-refractivity contribution in [3.63, 3.8) is 0 Å². The van der Waals surface area contributed by atoms with Crippen molar-refractivity contribution < 1.29 is 9.84 Å². The fourth-order valence-electron chi connectivity index (χ4n) is 2.09. The van der Waals surface area contributed by atoms with E-state index in [2.05, 4.69) is 9.88 Å². The van der Waals surface area contributed by atoms with Crippen molar-refractivity contribution in [2.75, 3.05) is 20.2 Å². The molecule has 4 nitrogen and oxygen atoms in total. The Kier molecular flexibility index (Phi) is 10.0. The Morgan fingerprint density at radius 1 is 1.24 bits per heavy atom. The molecule has 122 valence electrons. The summed E-state index contributed by atoms with van der Waals surface area (Å²) in [5.74, 6) is 0.846. The molecule has 1 saturated heterocycles. The maximum absolute atomic E-state index is 9.88. The van der Waals surface area contributed by atoms with Gasteiger partial charge in [-0.25, -0.2) is 0 Å². The van der Waals surface area contributed by atoms with Crippen LogP contribution in [0.25, 0.3) is 0 Å². The second kappa shape index (κ2) is 10.6. The van der Waals surface area contributed by atoms with Crippen LogP contribution >= 0.6 is 0 Å². The average Bonchev–Trinajstić information content (AvgIpc) is 2.53. The molecular weight excluding hydrogens is 264 g/mol. The number of likely N-dealkylation sites (tertiary alicyclic amines) is 1. The minimum Gasteiger partial charge on any atom is -0.497 e. The van der Waals surface area contributed by atoms with Crippen molar-refractivity contribution in [3.05, 3.63) is 24.0 Å². The molecule has 0 unspecified atom stereocenters. The fourth-order valence-corrected chi connectivity index (χ4v) is 2.09. The Bertz CT molecular complexity index is 371. The van der Waals surface area contributed by atoms with Crippen LogP contribution in [0.4, 0.5) is 0 Å². The number of aromatic nitrogens is 1. The number of aliphatic hydroxyl groups is 1. The molecule has 0 spiro atoms. The monoisotopic (exact) mass is 296 g/mol. The van der Waals surface area contributed by atoms with Gasteiger partial charge < -0.3 is 9.84 Å². The second-order valence-corrected chi connectivity index (χ2v) is 4.96. The van der Waals surface area contributed by atoms with Gasteiger partial charge in [-0.15, -0.1) is 0 Å². The SMILES string of the molecule is CC.CC.COc1ccnc(CN2CCC(C)(O)CC2)c1. The highest BCUT2D eigenvalue weighted by atomic mass is 16.5. The predicted molar refractivity (Wildman–Crippen MR) is 88.6 cm³/mol. The Balaban J connectivity index is 0.000000921. The molecule has 0 aliphatic carbocycles. The summed E-state index contributed by atoms with van der Waals surface area (Å²) in [6.07, 6.45) is 3.43. The zero-order valence-corrected chi connectivity index (χ0v) is 14.5. The van der Waals surface area contributed by atoms with Crippen LogP contribution in [0.1, 0.15) is 53.2 Å². The van der Waals surface area contributed by atoms with Crippen molar-refractivity contribution in [1.29, 1.82) is 0 Å². The van der Waals surface area contributed by atoms with Gasteiger partial charge in [-0.3, -0.25) is 9.88 Å². The molecule has 1 aliphatic heterocycles. The number of piperidine rings is 1. The Morgan fingerprint density at radius 3 is 2.33 bits per heavy atom. The van der Waals surface area contributed by atoms with E-state index < -0.39 is 5.60 Å². The summed E-state index contributed by atoms with van der Waals surface area (Å²) in [5.41, 5.74) is 0.532. The van der Waals surface area contributed by atoms with Gasteiger partial charge in [0.2, 0.25) is 0 Å². The standard InChI is InChI=1S/C13H20N2O2.2C2H6/c1-13(16)4-7-15(8-5-13)10-11-9-12(17-2)3-6-14-11;2*1-2/h3,6,9,16H,4-5,7-8,10H2,1-2H3;2*1-2H3. The Hall–Kier alpha value is -1.13. The van der Waals surface area contributed by atoms with Crippen molar-refractivity contribution in [2.24, 2.45) is 0 Å². The fraction of sp³-hybridized carbons (Fsp3) is 0.706. The molecular formula is C17H32N2O2. The maximum Gasteiger partial charge on any atom is 0.122 e. The van der Waals surface area contributed by atoms with E-state index >= 15 is 0 Å². The summed E-state index contributed by atoms with van der Waals surface area (Å²) in [5, 5.41) is 9.88. The molecule has 4 heteroatoms. The van der Waals surface area contributed by atoms with Crippen LogP contribution in [0.5, 0.6) is 5.75 Å². The second-order valence-electron chi connectivity index (χ2n) is 4.96. The molecule has 1 aliphatic rings. The number of rotatable bonds is 3. The van der Waals surface area contributed by atoms with Crippen molar-refractivity contribution in [2.45, 2.75) is 59.6 Å². The van der Waals surface area contributed by atoms with Crippen LogP contribution in [0.3, 0.4) is 0 Å². The van der Waals surface area contributed by atoms with E-state index in [0.717, 1.165) is 43.9 Å². The van der Waals surface area contributed by atoms with Gasteiger partial charge in [0.25, 0.3) is 0 Å². The molecule has 0 aromatic carbocycles. The lowest BCUT2D eigenvalue weighted by atomic mass is 9.94. The molecule has 0 radical (unpaired) electrons. The lowest BCUT2D eigenvalue weighted by Gasteiger charge is -2.35. The summed E-state index contributed by atoms with van der Waals surface area (Å²) >= 11 is 0. The van der Waals surface area contributed by atoms with E-state index in [4.69, 9.17) is 4.74 Å². The molecule has 1 fully saturated rings. The van der Waals surface area contributed by atoms with Crippen LogP contribution in [-0.4, -0.2) is 40.8 Å². The number of ether oxygens (including phenoxy) is 1.